The molecule has 3 aromatic carbocycles. The molecular formula is C27H26N2O3. The minimum Gasteiger partial charge on any atom is -0.494 e. The van der Waals surface area contributed by atoms with Crippen LogP contribution in [-0.2, 0) is 16.1 Å². The van der Waals surface area contributed by atoms with Gasteiger partial charge in [-0.1, -0.05) is 61.5 Å². The fraction of sp³-hybridized carbons (Fsp3) is 0.185. The average molecular weight is 427 g/mol. The minimum absolute atomic E-state index is 0.221. The summed E-state index contributed by atoms with van der Waals surface area (Å²) in [5, 5.41) is 3.21. The highest BCUT2D eigenvalue weighted by atomic mass is 16.5. The van der Waals surface area contributed by atoms with Crippen LogP contribution in [0.4, 0.5) is 5.69 Å². The van der Waals surface area contributed by atoms with E-state index in [2.05, 4.69) is 5.32 Å². The van der Waals surface area contributed by atoms with Crippen LogP contribution in [0, 0.1) is 6.92 Å². The van der Waals surface area contributed by atoms with Crippen molar-refractivity contribution in [2.75, 3.05) is 11.9 Å². The van der Waals surface area contributed by atoms with E-state index >= 15 is 0 Å². The summed E-state index contributed by atoms with van der Waals surface area (Å²) in [5.41, 5.74) is 4.07. The van der Waals surface area contributed by atoms with E-state index in [4.69, 9.17) is 4.74 Å². The van der Waals surface area contributed by atoms with Crippen molar-refractivity contribution in [1.82, 2.24) is 4.90 Å². The zero-order valence-electron chi connectivity index (χ0n) is 18.3. The molecular weight excluding hydrogens is 400 g/mol. The highest BCUT2D eigenvalue weighted by Gasteiger charge is 2.39. The number of benzene rings is 3. The maximum absolute atomic E-state index is 13.4. The Labute approximate surface area is 188 Å². The molecule has 5 heteroatoms. The second-order valence-electron chi connectivity index (χ2n) is 7.80. The number of nitrogens with one attached hydrogen (secondary N) is 1. The van der Waals surface area contributed by atoms with E-state index in [1.807, 2.05) is 92.7 Å². The Morgan fingerprint density at radius 3 is 2.31 bits per heavy atom. The normalized spacial score (nSPS) is 13.6. The number of carbonyl (C=O) groups is 2. The molecule has 1 heterocycles. The Balaban J connectivity index is 1.70. The van der Waals surface area contributed by atoms with Gasteiger partial charge in [0.2, 0.25) is 0 Å². The Morgan fingerprint density at radius 1 is 0.875 bits per heavy atom. The first-order valence-electron chi connectivity index (χ1n) is 10.8. The van der Waals surface area contributed by atoms with E-state index in [1.165, 1.54) is 4.90 Å². The molecule has 0 radical (unpaired) electrons. The summed E-state index contributed by atoms with van der Waals surface area (Å²) in [6.07, 6.45) is 0.916. The van der Waals surface area contributed by atoms with Gasteiger partial charge < -0.3 is 10.1 Å². The Bertz CT molecular complexity index is 1150. The third-order valence-electron chi connectivity index (χ3n) is 5.25. The molecule has 162 valence electrons. The summed E-state index contributed by atoms with van der Waals surface area (Å²) in [5.74, 6) is 0.0974. The van der Waals surface area contributed by atoms with Crippen molar-refractivity contribution in [3.8, 4) is 5.75 Å². The van der Waals surface area contributed by atoms with E-state index in [1.54, 1.807) is 0 Å². The van der Waals surface area contributed by atoms with Crippen LogP contribution in [0.5, 0.6) is 5.75 Å². The van der Waals surface area contributed by atoms with Crippen molar-refractivity contribution >= 4 is 23.1 Å². The van der Waals surface area contributed by atoms with Gasteiger partial charge in [-0.05, 0) is 54.3 Å². The van der Waals surface area contributed by atoms with Crippen LogP contribution in [0.15, 0.2) is 84.6 Å². The molecule has 4 rings (SSSR count). The van der Waals surface area contributed by atoms with Crippen LogP contribution < -0.4 is 10.1 Å². The summed E-state index contributed by atoms with van der Waals surface area (Å²) >= 11 is 0. The number of hydrogen-bond acceptors (Lipinski definition) is 4. The highest BCUT2D eigenvalue weighted by molar-refractivity contribution is 6.36. The molecule has 1 N–H and O–H groups in total. The smallest absolute Gasteiger partial charge is 0.278 e. The molecule has 0 aromatic heterocycles. The Morgan fingerprint density at radius 2 is 1.62 bits per heavy atom. The first kappa shape index (κ1) is 21.4. The topological polar surface area (TPSA) is 58.6 Å². The van der Waals surface area contributed by atoms with Gasteiger partial charge >= 0.3 is 0 Å². The molecule has 5 nitrogen and oxygen atoms in total. The highest BCUT2D eigenvalue weighted by Crippen LogP contribution is 2.32. The van der Waals surface area contributed by atoms with Gasteiger partial charge in [-0.25, -0.2) is 0 Å². The van der Waals surface area contributed by atoms with Gasteiger partial charge in [0, 0.05) is 5.69 Å². The van der Waals surface area contributed by atoms with Gasteiger partial charge in [-0.15, -0.1) is 0 Å². The van der Waals surface area contributed by atoms with Crippen LogP contribution in [0.2, 0.25) is 0 Å². The lowest BCUT2D eigenvalue weighted by atomic mass is 10.0. The standard InChI is InChI=1S/C27H26N2O3/c1-3-16-32-23-14-12-21(13-15-23)24-25(28-22-11-7-8-19(2)17-22)27(31)29(26(24)30)18-20-9-5-4-6-10-20/h4-15,17,28H,3,16,18H2,1-2H3. The maximum Gasteiger partial charge on any atom is 0.278 e. The summed E-state index contributed by atoms with van der Waals surface area (Å²) < 4.78 is 5.66. The van der Waals surface area contributed by atoms with Crippen LogP contribution in [0.3, 0.4) is 0 Å². The molecule has 0 saturated heterocycles. The monoisotopic (exact) mass is 426 g/mol. The van der Waals surface area contributed by atoms with Crippen molar-refractivity contribution in [3.05, 3.63) is 101 Å². The number of carbonyl (C=O) groups excluding carboxylic acids is 2. The second kappa shape index (κ2) is 9.52. The first-order valence-corrected chi connectivity index (χ1v) is 10.8. The van der Waals surface area contributed by atoms with Gasteiger partial charge in [0.15, 0.2) is 0 Å². The van der Waals surface area contributed by atoms with Crippen molar-refractivity contribution in [1.29, 1.82) is 0 Å². The minimum atomic E-state index is -0.332. The predicted molar refractivity (Wildman–Crippen MR) is 126 cm³/mol. The molecule has 32 heavy (non-hydrogen) atoms. The van der Waals surface area contributed by atoms with Gasteiger partial charge in [-0.2, -0.15) is 0 Å². The van der Waals surface area contributed by atoms with Crippen molar-refractivity contribution in [2.45, 2.75) is 26.8 Å². The van der Waals surface area contributed by atoms with Gasteiger partial charge in [-0.3, -0.25) is 14.5 Å². The fourth-order valence-corrected chi connectivity index (χ4v) is 3.67. The van der Waals surface area contributed by atoms with E-state index in [0.29, 0.717) is 23.4 Å². The lowest BCUT2D eigenvalue weighted by Crippen LogP contribution is -2.31. The number of imide groups is 1. The lowest BCUT2D eigenvalue weighted by Gasteiger charge is -2.15. The SMILES string of the molecule is CCCOc1ccc(C2=C(Nc3cccc(C)c3)C(=O)N(Cc3ccccc3)C2=O)cc1. The molecule has 0 unspecified atom stereocenters. The fourth-order valence-electron chi connectivity index (χ4n) is 3.67. The summed E-state index contributed by atoms with van der Waals surface area (Å²) in [6, 6.07) is 24.6. The van der Waals surface area contributed by atoms with E-state index in [9.17, 15) is 9.59 Å². The molecule has 1 aliphatic rings. The molecule has 1 aliphatic heterocycles. The molecule has 0 spiro atoms. The number of aryl methyl sites for hydroxylation is 1. The van der Waals surface area contributed by atoms with E-state index in [0.717, 1.165) is 29.0 Å². The molecule has 3 aromatic rings. The summed E-state index contributed by atoms with van der Waals surface area (Å²) in [6.45, 7) is 4.88. The molecule has 0 fully saturated rings. The average Bonchev–Trinajstić information content (AvgIpc) is 3.03. The van der Waals surface area contributed by atoms with Gasteiger partial charge in [0.05, 0.1) is 18.7 Å². The number of amides is 2. The van der Waals surface area contributed by atoms with E-state index in [-0.39, 0.29) is 18.4 Å². The van der Waals surface area contributed by atoms with Crippen molar-refractivity contribution < 1.29 is 14.3 Å². The third-order valence-corrected chi connectivity index (χ3v) is 5.25. The van der Waals surface area contributed by atoms with Crippen molar-refractivity contribution in [3.63, 3.8) is 0 Å². The van der Waals surface area contributed by atoms with Crippen LogP contribution in [0.25, 0.3) is 5.57 Å². The number of rotatable bonds is 8. The van der Waals surface area contributed by atoms with Crippen molar-refractivity contribution in [2.24, 2.45) is 0 Å². The lowest BCUT2D eigenvalue weighted by molar-refractivity contribution is -0.137. The molecule has 0 bridgehead atoms. The largest absolute Gasteiger partial charge is 0.494 e. The van der Waals surface area contributed by atoms with Crippen LogP contribution in [0.1, 0.15) is 30.0 Å². The number of hydrogen-bond donors (Lipinski definition) is 1. The predicted octanol–water partition coefficient (Wildman–Crippen LogP) is 5.18. The molecule has 0 aliphatic carbocycles. The number of ether oxygens (including phenoxy) is 1. The third kappa shape index (κ3) is 4.57. The Hall–Kier alpha value is -3.86. The first-order chi connectivity index (χ1) is 15.6. The second-order valence-corrected chi connectivity index (χ2v) is 7.80. The number of nitrogens with zero attached hydrogens (tertiary/aromatic N) is 1. The summed E-state index contributed by atoms with van der Waals surface area (Å²) in [7, 11) is 0. The van der Waals surface area contributed by atoms with Crippen LogP contribution >= 0.6 is 0 Å². The molecule has 0 saturated carbocycles. The quantitative estimate of drug-likeness (QED) is 0.505. The van der Waals surface area contributed by atoms with Gasteiger partial charge in [0.25, 0.3) is 11.8 Å². The zero-order chi connectivity index (χ0) is 22.5. The zero-order valence-corrected chi connectivity index (χ0v) is 18.3. The Kier molecular flexibility index (Phi) is 6.36. The van der Waals surface area contributed by atoms with Gasteiger partial charge in [0.1, 0.15) is 11.4 Å². The van der Waals surface area contributed by atoms with E-state index < -0.39 is 0 Å². The molecule has 2 amide bonds. The number of anilines is 1. The maximum atomic E-state index is 13.4. The molecule has 0 atom stereocenters. The summed E-state index contributed by atoms with van der Waals surface area (Å²) in [4.78, 5) is 28.1. The van der Waals surface area contributed by atoms with Crippen LogP contribution in [-0.4, -0.2) is 23.3 Å².